The third kappa shape index (κ3) is 1.63. The number of nitrogens with zero attached hydrogens (tertiary/aromatic N) is 2. The lowest BCUT2D eigenvalue weighted by Gasteiger charge is -2.01. The number of hydrogen-bond acceptors (Lipinski definition) is 3. The van der Waals surface area contributed by atoms with Gasteiger partial charge in [-0.2, -0.15) is 10.3 Å². The first-order chi connectivity index (χ1) is 6.81. The number of benzene rings is 1. The number of nitrogens with one attached hydrogen (secondary N) is 1. The van der Waals surface area contributed by atoms with Crippen molar-refractivity contribution in [1.82, 2.24) is 15.4 Å². The van der Waals surface area contributed by atoms with Crippen molar-refractivity contribution in [3.63, 3.8) is 0 Å². The van der Waals surface area contributed by atoms with Gasteiger partial charge in [0.15, 0.2) is 4.60 Å². The molecule has 0 atom stereocenters. The highest BCUT2D eigenvalue weighted by atomic mass is 79.9. The molecule has 72 valence electrons. The molecule has 1 N–H and O–H groups in total. The van der Waals surface area contributed by atoms with E-state index in [1.54, 1.807) is 7.11 Å². The smallest absolute Gasteiger partial charge is 0.156 e. The van der Waals surface area contributed by atoms with Crippen molar-refractivity contribution in [3.05, 3.63) is 28.9 Å². The van der Waals surface area contributed by atoms with Gasteiger partial charge in [-0.3, -0.25) is 0 Å². The number of rotatable bonds is 2. The summed E-state index contributed by atoms with van der Waals surface area (Å²) in [4.78, 5) is 0. The molecule has 0 aliphatic rings. The Balaban J connectivity index is 2.47. The zero-order chi connectivity index (χ0) is 9.97. The molecule has 5 heteroatoms. The van der Waals surface area contributed by atoms with Crippen LogP contribution in [0.4, 0.5) is 0 Å². The van der Waals surface area contributed by atoms with Gasteiger partial charge in [0, 0.05) is 5.56 Å². The molecular formula is C9H8BrN3O. The Morgan fingerprint density at radius 2 is 2.21 bits per heavy atom. The molecule has 0 amide bonds. The number of methoxy groups -OCH3 is 1. The van der Waals surface area contributed by atoms with E-state index in [2.05, 4.69) is 31.3 Å². The van der Waals surface area contributed by atoms with Crippen molar-refractivity contribution in [2.45, 2.75) is 0 Å². The van der Waals surface area contributed by atoms with E-state index in [-0.39, 0.29) is 0 Å². The van der Waals surface area contributed by atoms with Crippen LogP contribution in [0, 0.1) is 0 Å². The SMILES string of the molecule is COc1cccc(-c2n[nH]nc2Br)c1. The van der Waals surface area contributed by atoms with E-state index < -0.39 is 0 Å². The maximum absolute atomic E-state index is 5.12. The number of aromatic amines is 1. The second-order valence-corrected chi connectivity index (χ2v) is 3.45. The van der Waals surface area contributed by atoms with Crippen molar-refractivity contribution in [2.24, 2.45) is 0 Å². The first-order valence-electron chi connectivity index (χ1n) is 4.02. The normalized spacial score (nSPS) is 10.1. The van der Waals surface area contributed by atoms with Gasteiger partial charge >= 0.3 is 0 Å². The third-order valence-corrected chi connectivity index (χ3v) is 2.40. The minimum absolute atomic E-state index is 0.700. The van der Waals surface area contributed by atoms with E-state index in [1.165, 1.54) is 0 Å². The molecule has 0 aliphatic heterocycles. The second kappa shape index (κ2) is 3.79. The summed E-state index contributed by atoms with van der Waals surface area (Å²) in [7, 11) is 1.64. The predicted molar refractivity (Wildman–Crippen MR) is 56.1 cm³/mol. The Morgan fingerprint density at radius 1 is 1.36 bits per heavy atom. The lowest BCUT2D eigenvalue weighted by molar-refractivity contribution is 0.415. The lowest BCUT2D eigenvalue weighted by Crippen LogP contribution is -1.84. The van der Waals surface area contributed by atoms with Crippen LogP contribution >= 0.6 is 15.9 Å². The Morgan fingerprint density at radius 3 is 2.86 bits per heavy atom. The minimum Gasteiger partial charge on any atom is -0.497 e. The zero-order valence-electron chi connectivity index (χ0n) is 7.49. The van der Waals surface area contributed by atoms with E-state index in [1.807, 2.05) is 24.3 Å². The molecule has 0 aliphatic carbocycles. The third-order valence-electron chi connectivity index (χ3n) is 1.85. The second-order valence-electron chi connectivity index (χ2n) is 2.69. The fourth-order valence-corrected chi connectivity index (χ4v) is 1.57. The van der Waals surface area contributed by atoms with E-state index in [9.17, 15) is 0 Å². The Hall–Kier alpha value is -1.36. The van der Waals surface area contributed by atoms with Gasteiger partial charge in [0.2, 0.25) is 0 Å². The summed E-state index contributed by atoms with van der Waals surface area (Å²) in [6.07, 6.45) is 0. The van der Waals surface area contributed by atoms with Crippen molar-refractivity contribution < 1.29 is 4.74 Å². The summed E-state index contributed by atoms with van der Waals surface area (Å²) in [5, 5.41) is 10.5. The highest BCUT2D eigenvalue weighted by Crippen LogP contribution is 2.26. The number of halogens is 1. The van der Waals surface area contributed by atoms with Crippen LogP contribution < -0.4 is 4.74 Å². The van der Waals surface area contributed by atoms with Gasteiger partial charge in [-0.15, -0.1) is 5.10 Å². The molecule has 2 aromatic rings. The van der Waals surface area contributed by atoms with E-state index >= 15 is 0 Å². The number of H-pyrrole nitrogens is 1. The summed E-state index contributed by atoms with van der Waals surface area (Å²) in [5.41, 5.74) is 1.74. The molecule has 2 rings (SSSR count). The summed E-state index contributed by atoms with van der Waals surface area (Å²) in [5.74, 6) is 0.803. The molecule has 0 unspecified atom stereocenters. The van der Waals surface area contributed by atoms with Crippen molar-refractivity contribution in [3.8, 4) is 17.0 Å². The molecule has 0 fully saturated rings. The molecule has 0 saturated heterocycles. The highest BCUT2D eigenvalue weighted by Gasteiger charge is 2.07. The van der Waals surface area contributed by atoms with E-state index in [0.29, 0.717) is 4.60 Å². The molecular weight excluding hydrogens is 246 g/mol. The summed E-state index contributed by atoms with van der Waals surface area (Å²) < 4.78 is 5.82. The van der Waals surface area contributed by atoms with Gasteiger partial charge in [-0.25, -0.2) is 0 Å². The van der Waals surface area contributed by atoms with Crippen LogP contribution in [0.3, 0.4) is 0 Å². The van der Waals surface area contributed by atoms with E-state index in [4.69, 9.17) is 4.74 Å². The standard InChI is InChI=1S/C9H8BrN3O/c1-14-7-4-2-3-6(5-7)8-9(10)12-13-11-8/h2-5H,1H3,(H,11,12,13). The largest absolute Gasteiger partial charge is 0.497 e. The monoisotopic (exact) mass is 253 g/mol. The van der Waals surface area contributed by atoms with Crippen molar-refractivity contribution in [2.75, 3.05) is 7.11 Å². The highest BCUT2D eigenvalue weighted by molar-refractivity contribution is 9.10. The quantitative estimate of drug-likeness (QED) is 0.894. The average molecular weight is 254 g/mol. The molecule has 1 heterocycles. The molecule has 0 spiro atoms. The number of ether oxygens (including phenoxy) is 1. The minimum atomic E-state index is 0.700. The Kier molecular flexibility index (Phi) is 2.49. The fraction of sp³-hybridized carbons (Fsp3) is 0.111. The summed E-state index contributed by atoms with van der Waals surface area (Å²) in [6.45, 7) is 0. The van der Waals surface area contributed by atoms with Crippen LogP contribution in [0.25, 0.3) is 11.3 Å². The lowest BCUT2D eigenvalue weighted by atomic mass is 10.1. The molecule has 0 saturated carbocycles. The van der Waals surface area contributed by atoms with Gasteiger partial charge in [0.1, 0.15) is 11.4 Å². The van der Waals surface area contributed by atoms with Gasteiger partial charge in [-0.1, -0.05) is 12.1 Å². The van der Waals surface area contributed by atoms with Crippen LogP contribution in [0.5, 0.6) is 5.75 Å². The zero-order valence-corrected chi connectivity index (χ0v) is 9.08. The van der Waals surface area contributed by atoms with Crippen molar-refractivity contribution >= 4 is 15.9 Å². The molecule has 1 aromatic carbocycles. The van der Waals surface area contributed by atoms with Gasteiger partial charge < -0.3 is 4.74 Å². The van der Waals surface area contributed by atoms with Crippen LogP contribution in [-0.2, 0) is 0 Å². The molecule has 0 bridgehead atoms. The van der Waals surface area contributed by atoms with Gasteiger partial charge in [0.05, 0.1) is 7.11 Å². The van der Waals surface area contributed by atoms with Crippen LogP contribution in [0.1, 0.15) is 0 Å². The van der Waals surface area contributed by atoms with Crippen molar-refractivity contribution in [1.29, 1.82) is 0 Å². The fourth-order valence-electron chi connectivity index (χ4n) is 1.17. The molecule has 1 aromatic heterocycles. The maximum atomic E-state index is 5.12. The molecule has 14 heavy (non-hydrogen) atoms. The summed E-state index contributed by atoms with van der Waals surface area (Å²) >= 11 is 3.30. The average Bonchev–Trinajstić information content (AvgIpc) is 2.65. The topological polar surface area (TPSA) is 50.8 Å². The van der Waals surface area contributed by atoms with Gasteiger partial charge in [0.25, 0.3) is 0 Å². The number of hydrogen-bond donors (Lipinski definition) is 1. The van der Waals surface area contributed by atoms with Gasteiger partial charge in [-0.05, 0) is 28.1 Å². The number of aromatic nitrogens is 3. The van der Waals surface area contributed by atoms with Crippen LogP contribution in [0.2, 0.25) is 0 Å². The molecule has 4 nitrogen and oxygen atoms in total. The molecule has 0 radical (unpaired) electrons. The predicted octanol–water partition coefficient (Wildman–Crippen LogP) is 2.24. The first kappa shape index (κ1) is 9.21. The Labute approximate surface area is 89.4 Å². The maximum Gasteiger partial charge on any atom is 0.156 e. The van der Waals surface area contributed by atoms with Crippen LogP contribution in [0.15, 0.2) is 28.9 Å². The summed E-state index contributed by atoms with van der Waals surface area (Å²) in [6, 6.07) is 7.65. The van der Waals surface area contributed by atoms with Crippen LogP contribution in [-0.4, -0.2) is 22.5 Å². The Bertz CT molecular complexity index is 441. The van der Waals surface area contributed by atoms with E-state index in [0.717, 1.165) is 17.0 Å². The first-order valence-corrected chi connectivity index (χ1v) is 4.81.